The number of benzene rings is 2. The van der Waals surface area contributed by atoms with Gasteiger partial charge in [0.2, 0.25) is 17.6 Å². The molecule has 2 aromatic carbocycles. The summed E-state index contributed by atoms with van der Waals surface area (Å²) in [5, 5.41) is 7.37. The summed E-state index contributed by atoms with van der Waals surface area (Å²) in [6, 6.07) is 16.6. The normalized spacial score (nSPS) is 18.2. The minimum atomic E-state index is 0.000716. The van der Waals surface area contributed by atoms with Gasteiger partial charge in [-0.05, 0) is 81.9 Å². The summed E-state index contributed by atoms with van der Waals surface area (Å²) in [5.74, 6) is 1.39. The number of hydrogen-bond acceptors (Lipinski definition) is 6. The fourth-order valence-corrected chi connectivity index (χ4v) is 5.55. The average molecular weight is 553 g/mol. The molecule has 8 heteroatoms. The van der Waals surface area contributed by atoms with E-state index < -0.39 is 0 Å². The fourth-order valence-electron chi connectivity index (χ4n) is 5.15. The summed E-state index contributed by atoms with van der Waals surface area (Å²) in [5.41, 5.74) is 3.36. The third-order valence-electron chi connectivity index (χ3n) is 7.34. The lowest BCUT2D eigenvalue weighted by atomic mass is 9.95. The molecule has 7 nitrogen and oxygen atoms in total. The van der Waals surface area contributed by atoms with Crippen molar-refractivity contribution in [3.05, 3.63) is 64.5 Å². The Hall–Kier alpha value is -2.71. The molecule has 190 valence electrons. The standard InChI is InChI=1S/C28H34BrN5O2/c1-20(21-8-10-25(11-9-21)34-14-3-2-4-15-34)30-28(35)22-12-16-33(17-13-22)19-26-31-27(32-36-26)23-6-5-7-24(29)18-23/h5-11,18,20,22H,2-4,12-17,19H2,1H3,(H,30,35). The van der Waals surface area contributed by atoms with Gasteiger partial charge in [0.05, 0.1) is 12.6 Å². The molecular weight excluding hydrogens is 518 g/mol. The monoisotopic (exact) mass is 551 g/mol. The van der Waals surface area contributed by atoms with E-state index in [0.29, 0.717) is 18.3 Å². The first-order valence-electron chi connectivity index (χ1n) is 13.0. The second kappa shape index (κ2) is 11.6. The van der Waals surface area contributed by atoms with Crippen molar-refractivity contribution in [2.45, 2.75) is 51.6 Å². The van der Waals surface area contributed by atoms with Crippen molar-refractivity contribution in [1.82, 2.24) is 20.4 Å². The number of aromatic nitrogens is 2. The van der Waals surface area contributed by atoms with Gasteiger partial charge in [-0.15, -0.1) is 0 Å². The Labute approximate surface area is 221 Å². The van der Waals surface area contributed by atoms with Crippen molar-refractivity contribution in [2.75, 3.05) is 31.1 Å². The van der Waals surface area contributed by atoms with E-state index >= 15 is 0 Å². The van der Waals surface area contributed by atoms with Crippen molar-refractivity contribution in [2.24, 2.45) is 5.92 Å². The summed E-state index contributed by atoms with van der Waals surface area (Å²) in [7, 11) is 0. The first-order valence-corrected chi connectivity index (χ1v) is 13.8. The van der Waals surface area contributed by atoms with E-state index in [-0.39, 0.29) is 17.9 Å². The highest BCUT2D eigenvalue weighted by Gasteiger charge is 2.27. The summed E-state index contributed by atoms with van der Waals surface area (Å²) in [6.07, 6.45) is 5.54. The van der Waals surface area contributed by atoms with Crippen molar-refractivity contribution < 1.29 is 9.32 Å². The molecule has 2 aliphatic rings. The maximum Gasteiger partial charge on any atom is 0.241 e. The van der Waals surface area contributed by atoms with Crippen LogP contribution >= 0.6 is 15.9 Å². The van der Waals surface area contributed by atoms with Gasteiger partial charge in [-0.1, -0.05) is 45.4 Å². The smallest absolute Gasteiger partial charge is 0.241 e. The van der Waals surface area contributed by atoms with Gasteiger partial charge in [0, 0.05) is 34.7 Å². The number of likely N-dealkylation sites (tertiary alicyclic amines) is 1. The second-order valence-corrected chi connectivity index (χ2v) is 10.9. The highest BCUT2D eigenvalue weighted by Crippen LogP contribution is 2.25. The highest BCUT2D eigenvalue weighted by atomic mass is 79.9. The quantitative estimate of drug-likeness (QED) is 0.413. The zero-order valence-electron chi connectivity index (χ0n) is 20.8. The molecule has 3 heterocycles. The molecule has 0 bridgehead atoms. The SMILES string of the molecule is CC(NC(=O)C1CCN(Cc2nc(-c3cccc(Br)c3)no2)CC1)c1ccc(N2CCCCC2)cc1. The Morgan fingerprint density at radius 3 is 2.56 bits per heavy atom. The molecule has 1 amide bonds. The van der Waals surface area contributed by atoms with Gasteiger partial charge in [0.1, 0.15) is 0 Å². The predicted octanol–water partition coefficient (Wildman–Crippen LogP) is 5.58. The first-order chi connectivity index (χ1) is 17.5. The van der Waals surface area contributed by atoms with Crippen LogP contribution in [0.2, 0.25) is 0 Å². The number of rotatable bonds is 7. The van der Waals surface area contributed by atoms with Crippen molar-refractivity contribution >= 4 is 27.5 Å². The average Bonchev–Trinajstić information content (AvgIpc) is 3.38. The van der Waals surface area contributed by atoms with E-state index in [1.54, 1.807) is 0 Å². The molecule has 1 unspecified atom stereocenters. The topological polar surface area (TPSA) is 74.5 Å². The molecule has 0 aliphatic carbocycles. The highest BCUT2D eigenvalue weighted by molar-refractivity contribution is 9.10. The molecule has 1 aromatic heterocycles. The van der Waals surface area contributed by atoms with Gasteiger partial charge in [0.25, 0.3) is 0 Å². The van der Waals surface area contributed by atoms with Gasteiger partial charge >= 0.3 is 0 Å². The zero-order valence-corrected chi connectivity index (χ0v) is 22.4. The molecular formula is C28H34BrN5O2. The molecule has 2 saturated heterocycles. The molecule has 0 spiro atoms. The van der Waals surface area contributed by atoms with E-state index in [9.17, 15) is 4.79 Å². The van der Waals surface area contributed by atoms with Crippen LogP contribution in [0.5, 0.6) is 0 Å². The lowest BCUT2D eigenvalue weighted by Crippen LogP contribution is -2.41. The van der Waals surface area contributed by atoms with E-state index in [4.69, 9.17) is 4.52 Å². The minimum absolute atomic E-state index is 0.000716. The second-order valence-electron chi connectivity index (χ2n) is 9.94. The van der Waals surface area contributed by atoms with Gasteiger partial charge in [-0.2, -0.15) is 4.98 Å². The number of piperidine rings is 2. The number of hydrogen-bond donors (Lipinski definition) is 1. The molecule has 1 atom stereocenters. The Morgan fingerprint density at radius 2 is 1.83 bits per heavy atom. The molecule has 36 heavy (non-hydrogen) atoms. The Balaban J connectivity index is 1.08. The number of amides is 1. The molecule has 2 aliphatic heterocycles. The molecule has 2 fully saturated rings. The summed E-state index contributed by atoms with van der Waals surface area (Å²) >= 11 is 3.48. The fraction of sp³-hybridized carbons (Fsp3) is 0.464. The predicted molar refractivity (Wildman–Crippen MR) is 144 cm³/mol. The number of nitrogens with one attached hydrogen (secondary N) is 1. The maximum absolute atomic E-state index is 13.0. The number of anilines is 1. The van der Waals surface area contributed by atoms with Crippen LogP contribution in [0.3, 0.4) is 0 Å². The van der Waals surface area contributed by atoms with Crippen LogP contribution < -0.4 is 10.2 Å². The summed E-state index contributed by atoms with van der Waals surface area (Å²) in [6.45, 7) is 6.64. The number of carbonyl (C=O) groups excluding carboxylic acids is 1. The number of nitrogens with zero attached hydrogens (tertiary/aromatic N) is 4. The third-order valence-corrected chi connectivity index (χ3v) is 7.83. The van der Waals surface area contributed by atoms with Gasteiger partial charge in [-0.25, -0.2) is 0 Å². The van der Waals surface area contributed by atoms with Gasteiger partial charge in [-0.3, -0.25) is 9.69 Å². The Kier molecular flexibility index (Phi) is 8.02. The van der Waals surface area contributed by atoms with Crippen LogP contribution in [0.25, 0.3) is 11.4 Å². The Bertz CT molecular complexity index is 1150. The molecule has 0 saturated carbocycles. The maximum atomic E-state index is 13.0. The van der Waals surface area contributed by atoms with E-state index in [0.717, 1.165) is 54.6 Å². The molecule has 5 rings (SSSR count). The van der Waals surface area contributed by atoms with Gasteiger partial charge < -0.3 is 14.7 Å². The molecule has 1 N–H and O–H groups in total. The van der Waals surface area contributed by atoms with E-state index in [1.165, 1.54) is 24.9 Å². The minimum Gasteiger partial charge on any atom is -0.372 e. The van der Waals surface area contributed by atoms with Crippen LogP contribution in [0.4, 0.5) is 5.69 Å². The lowest BCUT2D eigenvalue weighted by Gasteiger charge is -2.31. The summed E-state index contributed by atoms with van der Waals surface area (Å²) in [4.78, 5) is 22.3. The Morgan fingerprint density at radius 1 is 1.08 bits per heavy atom. The molecule has 0 radical (unpaired) electrons. The van der Waals surface area contributed by atoms with Crippen LogP contribution in [-0.4, -0.2) is 47.1 Å². The van der Waals surface area contributed by atoms with Crippen LogP contribution in [0.15, 0.2) is 57.5 Å². The van der Waals surface area contributed by atoms with E-state index in [2.05, 4.69) is 72.4 Å². The third kappa shape index (κ3) is 6.16. The van der Waals surface area contributed by atoms with Crippen molar-refractivity contribution in [1.29, 1.82) is 0 Å². The van der Waals surface area contributed by atoms with Crippen molar-refractivity contribution in [3.63, 3.8) is 0 Å². The number of carbonyl (C=O) groups is 1. The van der Waals surface area contributed by atoms with Gasteiger partial charge in [0.15, 0.2) is 0 Å². The largest absolute Gasteiger partial charge is 0.372 e. The van der Waals surface area contributed by atoms with Crippen LogP contribution in [-0.2, 0) is 11.3 Å². The van der Waals surface area contributed by atoms with Crippen molar-refractivity contribution in [3.8, 4) is 11.4 Å². The lowest BCUT2D eigenvalue weighted by molar-refractivity contribution is -0.127. The first kappa shape index (κ1) is 25.0. The molecule has 3 aromatic rings. The van der Waals surface area contributed by atoms with Crippen LogP contribution in [0, 0.1) is 5.92 Å². The number of halogens is 1. The summed E-state index contributed by atoms with van der Waals surface area (Å²) < 4.78 is 6.47. The van der Waals surface area contributed by atoms with E-state index in [1.807, 2.05) is 24.3 Å². The van der Waals surface area contributed by atoms with Crippen LogP contribution in [0.1, 0.15) is 56.5 Å². The zero-order chi connectivity index (χ0) is 24.9.